The number of benzene rings is 1. The molecule has 5 nitrogen and oxygen atoms in total. The maximum absolute atomic E-state index is 12.6. The summed E-state index contributed by atoms with van der Waals surface area (Å²) in [5.41, 5.74) is 1.67. The lowest BCUT2D eigenvalue weighted by atomic mass is 9.97. The minimum atomic E-state index is 0.00537. The number of hydrogen-bond donors (Lipinski definition) is 1. The van der Waals surface area contributed by atoms with E-state index in [0.29, 0.717) is 23.0 Å². The van der Waals surface area contributed by atoms with E-state index in [1.54, 1.807) is 23.5 Å². The van der Waals surface area contributed by atoms with Gasteiger partial charge < -0.3 is 10.2 Å². The lowest BCUT2D eigenvalue weighted by Gasteiger charge is -2.31. The first-order valence-corrected chi connectivity index (χ1v) is 11.0. The number of piperidine rings is 1. The quantitative estimate of drug-likeness (QED) is 0.765. The van der Waals surface area contributed by atoms with Gasteiger partial charge in [0.25, 0.3) is 5.91 Å². The molecule has 0 saturated carbocycles. The van der Waals surface area contributed by atoms with E-state index in [9.17, 15) is 9.59 Å². The van der Waals surface area contributed by atoms with Crippen molar-refractivity contribution in [2.24, 2.45) is 5.92 Å². The molecular formula is C21H26ClN3O2S. The van der Waals surface area contributed by atoms with E-state index in [1.165, 1.54) is 0 Å². The smallest absolute Gasteiger partial charge is 0.253 e. The third kappa shape index (κ3) is 5.32. The van der Waals surface area contributed by atoms with Gasteiger partial charge in [0, 0.05) is 53.9 Å². The summed E-state index contributed by atoms with van der Waals surface area (Å²) >= 11 is 7.69. The molecule has 1 fully saturated rings. The number of hydrogen-bond acceptors (Lipinski definition) is 4. The van der Waals surface area contributed by atoms with Crippen LogP contribution in [0.5, 0.6) is 0 Å². The number of carbonyl (C=O) groups is 2. The summed E-state index contributed by atoms with van der Waals surface area (Å²) in [4.78, 5) is 30.9. The van der Waals surface area contributed by atoms with Crippen LogP contribution >= 0.6 is 22.9 Å². The molecule has 1 aromatic heterocycles. The van der Waals surface area contributed by atoms with Gasteiger partial charge in [-0.2, -0.15) is 0 Å². The monoisotopic (exact) mass is 419 g/mol. The van der Waals surface area contributed by atoms with Gasteiger partial charge in [-0.1, -0.05) is 31.5 Å². The van der Waals surface area contributed by atoms with Crippen molar-refractivity contribution in [2.45, 2.75) is 39.0 Å². The molecule has 1 saturated heterocycles. The summed E-state index contributed by atoms with van der Waals surface area (Å²) in [5.74, 6) is 0.520. The number of thiazole rings is 1. The molecule has 0 bridgehead atoms. The van der Waals surface area contributed by atoms with Crippen LogP contribution in [0.1, 0.15) is 53.7 Å². The fourth-order valence-electron chi connectivity index (χ4n) is 3.28. The highest BCUT2D eigenvalue weighted by molar-refractivity contribution is 7.09. The number of halogens is 1. The highest BCUT2D eigenvalue weighted by Gasteiger charge is 2.26. The largest absolute Gasteiger partial charge is 0.355 e. The fraction of sp³-hybridized carbons (Fsp3) is 0.476. The first-order valence-electron chi connectivity index (χ1n) is 9.71. The normalized spacial score (nSPS) is 15.1. The third-order valence-electron chi connectivity index (χ3n) is 4.98. The van der Waals surface area contributed by atoms with E-state index < -0.39 is 0 Å². The Kier molecular flexibility index (Phi) is 7.08. The minimum Gasteiger partial charge on any atom is -0.355 e. The van der Waals surface area contributed by atoms with E-state index in [0.717, 1.165) is 43.1 Å². The molecule has 2 heterocycles. The van der Waals surface area contributed by atoms with Crippen molar-refractivity contribution in [3.8, 4) is 0 Å². The van der Waals surface area contributed by atoms with Gasteiger partial charge in [0.05, 0.1) is 10.7 Å². The van der Waals surface area contributed by atoms with Gasteiger partial charge >= 0.3 is 0 Å². The second-order valence-corrected chi connectivity index (χ2v) is 8.78. The Hall–Kier alpha value is -1.92. The van der Waals surface area contributed by atoms with Gasteiger partial charge in [-0.25, -0.2) is 4.98 Å². The van der Waals surface area contributed by atoms with E-state index in [2.05, 4.69) is 10.7 Å². The molecule has 28 heavy (non-hydrogen) atoms. The van der Waals surface area contributed by atoms with Crippen LogP contribution in [0.3, 0.4) is 0 Å². The predicted molar refractivity (Wildman–Crippen MR) is 113 cm³/mol. The molecule has 1 aliphatic rings. The van der Waals surface area contributed by atoms with Crippen molar-refractivity contribution in [1.29, 1.82) is 0 Å². The van der Waals surface area contributed by atoms with Crippen molar-refractivity contribution in [3.63, 3.8) is 0 Å². The van der Waals surface area contributed by atoms with Crippen molar-refractivity contribution in [1.82, 2.24) is 15.2 Å². The molecule has 0 unspecified atom stereocenters. The van der Waals surface area contributed by atoms with Gasteiger partial charge in [0.1, 0.15) is 0 Å². The van der Waals surface area contributed by atoms with Gasteiger partial charge in [-0.05, 0) is 31.0 Å². The van der Waals surface area contributed by atoms with Gasteiger partial charge in [-0.15, -0.1) is 11.3 Å². The molecule has 0 aliphatic carbocycles. The standard InChI is InChI=1S/C21H26ClN3O2S/c1-14(2)19(26)23-9-6-18-13-28-20(24-18)15-7-10-25(11-8-15)21(27)16-4-3-5-17(22)12-16/h3-5,12-15H,6-11H2,1-2H3,(H,23,26). The Bertz CT molecular complexity index is 829. The summed E-state index contributed by atoms with van der Waals surface area (Å²) in [5, 5.41) is 6.74. The first kappa shape index (κ1) is 20.8. The van der Waals surface area contributed by atoms with Crippen molar-refractivity contribution in [3.05, 3.63) is 50.9 Å². The average Bonchev–Trinajstić information content (AvgIpc) is 3.16. The molecule has 1 N–H and O–H groups in total. The zero-order valence-corrected chi connectivity index (χ0v) is 17.9. The second-order valence-electron chi connectivity index (χ2n) is 7.45. The van der Waals surface area contributed by atoms with E-state index in [4.69, 9.17) is 16.6 Å². The van der Waals surface area contributed by atoms with Crippen LogP contribution in [0.25, 0.3) is 0 Å². The lowest BCUT2D eigenvalue weighted by Crippen LogP contribution is -2.37. The molecule has 150 valence electrons. The van der Waals surface area contributed by atoms with E-state index >= 15 is 0 Å². The SMILES string of the molecule is CC(C)C(=O)NCCc1csc(C2CCN(C(=O)c3cccc(Cl)c3)CC2)n1. The average molecular weight is 420 g/mol. The van der Waals surface area contributed by atoms with Gasteiger partial charge in [0.2, 0.25) is 5.91 Å². The van der Waals surface area contributed by atoms with Crippen LogP contribution in [0.15, 0.2) is 29.6 Å². The van der Waals surface area contributed by atoms with Gasteiger partial charge in [0.15, 0.2) is 0 Å². The fourth-order valence-corrected chi connectivity index (χ4v) is 4.49. The molecule has 0 spiro atoms. The zero-order chi connectivity index (χ0) is 20.1. The summed E-state index contributed by atoms with van der Waals surface area (Å²) in [7, 11) is 0. The van der Waals surface area contributed by atoms with Crippen LogP contribution < -0.4 is 5.32 Å². The number of aromatic nitrogens is 1. The van der Waals surface area contributed by atoms with Crippen molar-refractivity contribution >= 4 is 34.8 Å². The summed E-state index contributed by atoms with van der Waals surface area (Å²) in [6.45, 7) is 5.86. The van der Waals surface area contributed by atoms with E-state index in [-0.39, 0.29) is 17.7 Å². The molecule has 1 aliphatic heterocycles. The molecule has 0 radical (unpaired) electrons. The number of amides is 2. The molecule has 2 amide bonds. The predicted octanol–water partition coefficient (Wildman–Crippen LogP) is 4.13. The first-order chi connectivity index (χ1) is 13.4. The van der Waals surface area contributed by atoms with E-state index in [1.807, 2.05) is 30.9 Å². The number of rotatable bonds is 6. The maximum Gasteiger partial charge on any atom is 0.253 e. The minimum absolute atomic E-state index is 0.00537. The molecule has 3 rings (SSSR count). The molecule has 1 aromatic carbocycles. The van der Waals surface area contributed by atoms with Crippen LogP contribution in [0.2, 0.25) is 5.02 Å². The molecule has 0 atom stereocenters. The Labute approximate surface area is 175 Å². The van der Waals surface area contributed by atoms with Crippen LogP contribution in [-0.2, 0) is 11.2 Å². The number of likely N-dealkylation sites (tertiary alicyclic amines) is 1. The molecular weight excluding hydrogens is 394 g/mol. The van der Waals surface area contributed by atoms with Crippen LogP contribution in [-0.4, -0.2) is 41.3 Å². The topological polar surface area (TPSA) is 62.3 Å². The number of nitrogens with one attached hydrogen (secondary N) is 1. The third-order valence-corrected chi connectivity index (χ3v) is 6.27. The van der Waals surface area contributed by atoms with Crippen LogP contribution in [0.4, 0.5) is 0 Å². The Balaban J connectivity index is 1.49. The summed E-state index contributed by atoms with van der Waals surface area (Å²) < 4.78 is 0. The number of carbonyl (C=O) groups excluding carboxylic acids is 2. The van der Waals surface area contributed by atoms with Gasteiger partial charge in [-0.3, -0.25) is 9.59 Å². The summed E-state index contributed by atoms with van der Waals surface area (Å²) in [6.07, 6.45) is 2.59. The maximum atomic E-state index is 12.6. The van der Waals surface area contributed by atoms with Crippen molar-refractivity contribution in [2.75, 3.05) is 19.6 Å². The molecule has 7 heteroatoms. The Morgan fingerprint density at radius 2 is 2.07 bits per heavy atom. The van der Waals surface area contributed by atoms with Crippen molar-refractivity contribution < 1.29 is 9.59 Å². The number of nitrogens with zero attached hydrogens (tertiary/aromatic N) is 2. The zero-order valence-electron chi connectivity index (χ0n) is 16.3. The summed E-state index contributed by atoms with van der Waals surface area (Å²) in [6, 6.07) is 7.12. The molecule has 2 aromatic rings. The highest BCUT2D eigenvalue weighted by atomic mass is 35.5. The lowest BCUT2D eigenvalue weighted by molar-refractivity contribution is -0.123. The van der Waals surface area contributed by atoms with Crippen LogP contribution in [0, 0.1) is 5.92 Å². The Morgan fingerprint density at radius 1 is 1.32 bits per heavy atom. The highest BCUT2D eigenvalue weighted by Crippen LogP contribution is 2.31. The second kappa shape index (κ2) is 9.52. The Morgan fingerprint density at radius 3 is 2.75 bits per heavy atom.